The topological polar surface area (TPSA) is 80.6 Å². The number of aromatic nitrogens is 4. The molecule has 0 unspecified atom stereocenters. The van der Waals surface area contributed by atoms with Crippen molar-refractivity contribution in [1.29, 1.82) is 0 Å². The van der Waals surface area contributed by atoms with Crippen molar-refractivity contribution in [1.82, 2.24) is 19.2 Å². The molecule has 0 spiro atoms. The van der Waals surface area contributed by atoms with Crippen LogP contribution in [0.3, 0.4) is 0 Å². The summed E-state index contributed by atoms with van der Waals surface area (Å²) in [6.45, 7) is 0. The molecule has 0 bridgehead atoms. The molecule has 0 radical (unpaired) electrons. The molecule has 3 rings (SSSR count). The molecule has 0 atom stereocenters. The highest BCUT2D eigenvalue weighted by Crippen LogP contribution is 2.22. The Morgan fingerprint density at radius 2 is 2.11 bits per heavy atom. The fraction of sp³-hybridized carbons (Fsp3) is 0.0909. The van der Waals surface area contributed by atoms with Crippen molar-refractivity contribution in [2.75, 3.05) is 6.26 Å². The van der Waals surface area contributed by atoms with Crippen molar-refractivity contribution in [3.8, 4) is 11.1 Å². The third kappa shape index (κ3) is 1.78. The Labute approximate surface area is 103 Å². The summed E-state index contributed by atoms with van der Waals surface area (Å²) in [6, 6.07) is 5.66. The lowest BCUT2D eigenvalue weighted by Gasteiger charge is -1.97. The molecule has 2 heterocycles. The van der Waals surface area contributed by atoms with E-state index in [9.17, 15) is 8.42 Å². The van der Waals surface area contributed by atoms with E-state index < -0.39 is 10.0 Å². The smallest absolute Gasteiger partial charge is 0.250 e. The Kier molecular flexibility index (Phi) is 2.24. The van der Waals surface area contributed by atoms with Crippen LogP contribution in [0.15, 0.2) is 36.9 Å². The first kappa shape index (κ1) is 11.0. The Hall–Kier alpha value is -2.15. The first-order valence-corrected chi connectivity index (χ1v) is 7.07. The van der Waals surface area contributed by atoms with Crippen LogP contribution in [-0.4, -0.2) is 33.8 Å². The number of fused-ring (bicyclic) bond motifs is 1. The second-order valence-corrected chi connectivity index (χ2v) is 5.84. The van der Waals surface area contributed by atoms with Crippen LogP contribution in [-0.2, 0) is 10.0 Å². The highest BCUT2D eigenvalue weighted by atomic mass is 32.2. The zero-order valence-corrected chi connectivity index (χ0v) is 10.3. The number of rotatable bonds is 2. The molecule has 2 aromatic heterocycles. The number of aromatic amines is 1. The predicted octanol–water partition coefficient (Wildman–Crippen LogP) is 1.23. The van der Waals surface area contributed by atoms with Gasteiger partial charge in [-0.1, -0.05) is 6.07 Å². The number of hydrogen-bond donors (Lipinski definition) is 1. The van der Waals surface area contributed by atoms with Crippen LogP contribution in [0.5, 0.6) is 0 Å². The Balaban J connectivity index is 2.11. The normalized spacial score (nSPS) is 12.1. The molecule has 0 saturated heterocycles. The van der Waals surface area contributed by atoms with Crippen LogP contribution in [0.4, 0.5) is 0 Å². The van der Waals surface area contributed by atoms with Crippen molar-refractivity contribution >= 4 is 21.1 Å². The number of H-pyrrole nitrogens is 1. The average Bonchev–Trinajstić information content (AvgIpc) is 2.96. The maximum absolute atomic E-state index is 11.3. The maximum Gasteiger partial charge on any atom is 0.250 e. The highest BCUT2D eigenvalue weighted by Gasteiger charge is 2.09. The molecule has 3 aromatic rings. The van der Waals surface area contributed by atoms with Gasteiger partial charge in [0.1, 0.15) is 0 Å². The van der Waals surface area contributed by atoms with Gasteiger partial charge in [0.2, 0.25) is 0 Å². The van der Waals surface area contributed by atoms with E-state index in [2.05, 4.69) is 15.1 Å². The molecule has 0 aliphatic rings. The molecule has 1 aromatic carbocycles. The van der Waals surface area contributed by atoms with Crippen molar-refractivity contribution < 1.29 is 8.42 Å². The Morgan fingerprint density at radius 1 is 1.28 bits per heavy atom. The van der Waals surface area contributed by atoms with Crippen LogP contribution in [0.25, 0.3) is 22.2 Å². The molecule has 0 aliphatic carbocycles. The third-order valence-corrected chi connectivity index (χ3v) is 3.53. The van der Waals surface area contributed by atoms with Gasteiger partial charge in [-0.05, 0) is 17.7 Å². The van der Waals surface area contributed by atoms with E-state index in [4.69, 9.17) is 0 Å². The van der Waals surface area contributed by atoms with Crippen LogP contribution in [0, 0.1) is 0 Å². The van der Waals surface area contributed by atoms with Gasteiger partial charge in [-0.2, -0.15) is 9.19 Å². The molecule has 7 heteroatoms. The summed E-state index contributed by atoms with van der Waals surface area (Å²) in [5, 5.41) is 3.83. The lowest BCUT2D eigenvalue weighted by Crippen LogP contribution is -2.09. The number of benzene rings is 1. The van der Waals surface area contributed by atoms with Gasteiger partial charge in [-0.25, -0.2) is 13.4 Å². The number of nitrogens with zero attached hydrogens (tertiary/aromatic N) is 3. The minimum Gasteiger partial charge on any atom is -0.345 e. The third-order valence-electron chi connectivity index (χ3n) is 2.65. The van der Waals surface area contributed by atoms with Crippen LogP contribution in [0.1, 0.15) is 0 Å². The fourth-order valence-electron chi connectivity index (χ4n) is 1.75. The molecule has 92 valence electrons. The molecular weight excluding hydrogens is 252 g/mol. The maximum atomic E-state index is 11.3. The molecule has 1 N–H and O–H groups in total. The van der Waals surface area contributed by atoms with Crippen molar-refractivity contribution in [2.45, 2.75) is 0 Å². The predicted molar refractivity (Wildman–Crippen MR) is 67.6 cm³/mol. The molecular formula is C11H10N4O2S. The van der Waals surface area contributed by atoms with Crippen LogP contribution >= 0.6 is 0 Å². The molecule has 6 nitrogen and oxygen atoms in total. The van der Waals surface area contributed by atoms with Crippen LogP contribution in [0.2, 0.25) is 0 Å². The fourth-order valence-corrected chi connectivity index (χ4v) is 2.27. The molecule has 18 heavy (non-hydrogen) atoms. The summed E-state index contributed by atoms with van der Waals surface area (Å²) < 4.78 is 23.6. The van der Waals surface area contributed by atoms with Crippen molar-refractivity contribution in [2.24, 2.45) is 0 Å². The minimum absolute atomic E-state index is 0.747. The second kappa shape index (κ2) is 3.67. The van der Waals surface area contributed by atoms with Crippen molar-refractivity contribution in [3.63, 3.8) is 0 Å². The number of imidazole rings is 1. The second-order valence-electron chi connectivity index (χ2n) is 4.00. The summed E-state index contributed by atoms with van der Waals surface area (Å²) in [7, 11) is -3.34. The summed E-state index contributed by atoms with van der Waals surface area (Å²) in [5.41, 5.74) is 3.41. The zero-order chi connectivity index (χ0) is 12.8. The van der Waals surface area contributed by atoms with Gasteiger partial charge in [0.25, 0.3) is 10.0 Å². The SMILES string of the molecule is CS(=O)(=O)n1cc(-c2ccc3nc[nH]c3c2)cn1. The van der Waals surface area contributed by atoms with E-state index in [-0.39, 0.29) is 0 Å². The standard InChI is InChI=1S/C11H10N4O2S/c1-18(16,17)15-6-9(5-14-15)8-2-3-10-11(4-8)13-7-12-10/h2-7H,1H3,(H,12,13). The zero-order valence-electron chi connectivity index (χ0n) is 9.53. The number of hydrogen-bond acceptors (Lipinski definition) is 4. The van der Waals surface area contributed by atoms with E-state index in [0.29, 0.717) is 0 Å². The highest BCUT2D eigenvalue weighted by molar-refractivity contribution is 7.89. The molecule has 0 amide bonds. The molecule has 0 saturated carbocycles. The lowest BCUT2D eigenvalue weighted by atomic mass is 10.1. The van der Waals surface area contributed by atoms with Gasteiger partial charge in [-0.15, -0.1) is 0 Å². The van der Waals surface area contributed by atoms with Crippen molar-refractivity contribution in [3.05, 3.63) is 36.9 Å². The summed E-state index contributed by atoms with van der Waals surface area (Å²) in [5.74, 6) is 0. The van der Waals surface area contributed by atoms with E-state index in [1.165, 1.54) is 12.4 Å². The summed E-state index contributed by atoms with van der Waals surface area (Å²) in [6.07, 6.45) is 5.75. The first-order chi connectivity index (χ1) is 8.54. The lowest BCUT2D eigenvalue weighted by molar-refractivity contribution is 0.586. The van der Waals surface area contributed by atoms with E-state index in [0.717, 1.165) is 32.5 Å². The monoisotopic (exact) mass is 262 g/mol. The van der Waals surface area contributed by atoms with Gasteiger partial charge >= 0.3 is 0 Å². The summed E-state index contributed by atoms with van der Waals surface area (Å²) >= 11 is 0. The van der Waals surface area contributed by atoms with Gasteiger partial charge in [-0.3, -0.25) is 0 Å². The van der Waals surface area contributed by atoms with E-state index in [1.807, 2.05) is 18.2 Å². The average molecular weight is 262 g/mol. The largest absolute Gasteiger partial charge is 0.345 e. The molecule has 0 aliphatic heterocycles. The first-order valence-electron chi connectivity index (χ1n) is 5.23. The van der Waals surface area contributed by atoms with E-state index >= 15 is 0 Å². The minimum atomic E-state index is -3.34. The Bertz CT molecular complexity index is 816. The van der Waals surface area contributed by atoms with Gasteiger partial charge in [0.05, 0.1) is 36.0 Å². The van der Waals surface area contributed by atoms with Crippen LogP contribution < -0.4 is 0 Å². The number of nitrogens with one attached hydrogen (secondary N) is 1. The van der Waals surface area contributed by atoms with Gasteiger partial charge < -0.3 is 4.98 Å². The quantitative estimate of drug-likeness (QED) is 0.753. The summed E-state index contributed by atoms with van der Waals surface area (Å²) in [4.78, 5) is 7.14. The molecule has 0 fully saturated rings. The van der Waals surface area contributed by atoms with E-state index in [1.54, 1.807) is 6.33 Å². The van der Waals surface area contributed by atoms with Gasteiger partial charge in [0, 0.05) is 5.56 Å². The Morgan fingerprint density at radius 3 is 2.83 bits per heavy atom. The van der Waals surface area contributed by atoms with Gasteiger partial charge in [0.15, 0.2) is 0 Å².